The van der Waals surface area contributed by atoms with Crippen molar-refractivity contribution in [2.45, 2.75) is 37.6 Å². The van der Waals surface area contributed by atoms with E-state index in [4.69, 9.17) is 4.42 Å². The van der Waals surface area contributed by atoms with Gasteiger partial charge in [0.2, 0.25) is 10.0 Å². The Morgan fingerprint density at radius 1 is 1.15 bits per heavy atom. The summed E-state index contributed by atoms with van der Waals surface area (Å²) >= 11 is 0. The van der Waals surface area contributed by atoms with Crippen LogP contribution < -0.4 is 10.3 Å². The number of hydrogen-bond acceptors (Lipinski definition) is 4. The van der Waals surface area contributed by atoms with Gasteiger partial charge in [0.1, 0.15) is 5.58 Å². The van der Waals surface area contributed by atoms with Crippen LogP contribution in [0.1, 0.15) is 26.7 Å². The lowest BCUT2D eigenvalue weighted by molar-refractivity contribution is 0.530. The van der Waals surface area contributed by atoms with Crippen molar-refractivity contribution in [1.82, 2.24) is 4.72 Å². The fourth-order valence-corrected chi connectivity index (χ4v) is 3.40. The molecule has 0 unspecified atom stereocenters. The van der Waals surface area contributed by atoms with Crippen molar-refractivity contribution in [2.75, 3.05) is 0 Å². The molecule has 5 nitrogen and oxygen atoms in total. The Bertz CT molecular complexity index is 760. The normalized spacial score (nSPS) is 12.2. The molecule has 0 saturated heterocycles. The maximum atomic E-state index is 12.3. The number of sulfonamides is 1. The van der Waals surface area contributed by atoms with Crippen LogP contribution in [0.4, 0.5) is 0 Å². The highest BCUT2D eigenvalue weighted by Gasteiger charge is 2.18. The molecular weight excluding hydrogens is 278 g/mol. The van der Waals surface area contributed by atoms with E-state index in [0.717, 1.165) is 12.8 Å². The van der Waals surface area contributed by atoms with Crippen LogP contribution in [0, 0.1) is 0 Å². The van der Waals surface area contributed by atoms with E-state index in [1.54, 1.807) is 6.07 Å². The topological polar surface area (TPSA) is 76.4 Å². The molecule has 0 radical (unpaired) electrons. The van der Waals surface area contributed by atoms with Gasteiger partial charge in [0.25, 0.3) is 0 Å². The first-order valence-corrected chi connectivity index (χ1v) is 8.01. The second kappa shape index (κ2) is 5.76. The molecule has 0 bridgehead atoms. The average molecular weight is 295 g/mol. The van der Waals surface area contributed by atoms with Gasteiger partial charge < -0.3 is 4.42 Å². The standard InChI is InChI=1S/C14H17NO4S/c1-3-11(4-2)15-20(17,18)12-6-7-13-10(9-12)5-8-14(16)19-13/h5-9,11,15H,3-4H2,1-2H3. The lowest BCUT2D eigenvalue weighted by atomic mass is 10.2. The Labute approximate surface area is 117 Å². The van der Waals surface area contributed by atoms with Gasteiger partial charge in [-0.1, -0.05) is 13.8 Å². The minimum atomic E-state index is -3.56. The Morgan fingerprint density at radius 3 is 2.50 bits per heavy atom. The van der Waals surface area contributed by atoms with Gasteiger partial charge in [-0.2, -0.15) is 0 Å². The molecule has 0 aliphatic carbocycles. The molecule has 0 fully saturated rings. The predicted octanol–water partition coefficient (Wildman–Crippen LogP) is 2.26. The van der Waals surface area contributed by atoms with E-state index in [-0.39, 0.29) is 10.9 Å². The summed E-state index contributed by atoms with van der Waals surface area (Å²) in [6.07, 6.45) is 1.47. The van der Waals surface area contributed by atoms with E-state index in [1.807, 2.05) is 13.8 Å². The molecule has 108 valence electrons. The first kappa shape index (κ1) is 14.7. The fraction of sp³-hybridized carbons (Fsp3) is 0.357. The van der Waals surface area contributed by atoms with Gasteiger partial charge in [-0.05, 0) is 37.1 Å². The van der Waals surface area contributed by atoms with Gasteiger partial charge in [0, 0.05) is 17.5 Å². The Balaban J connectivity index is 2.42. The Kier molecular flexibility index (Phi) is 4.25. The first-order valence-electron chi connectivity index (χ1n) is 6.52. The molecule has 0 atom stereocenters. The van der Waals surface area contributed by atoms with E-state index in [2.05, 4.69) is 4.72 Å². The van der Waals surface area contributed by atoms with E-state index in [1.165, 1.54) is 24.3 Å². The summed E-state index contributed by atoms with van der Waals surface area (Å²) in [5.41, 5.74) is -0.0813. The highest BCUT2D eigenvalue weighted by molar-refractivity contribution is 7.89. The van der Waals surface area contributed by atoms with Crippen molar-refractivity contribution >= 4 is 21.0 Å². The van der Waals surface area contributed by atoms with Crippen LogP contribution in [0.15, 0.2) is 44.4 Å². The van der Waals surface area contributed by atoms with Gasteiger partial charge in [-0.3, -0.25) is 0 Å². The third kappa shape index (κ3) is 3.08. The average Bonchev–Trinajstić information content (AvgIpc) is 2.44. The molecule has 0 amide bonds. The summed E-state index contributed by atoms with van der Waals surface area (Å²) in [7, 11) is -3.56. The van der Waals surface area contributed by atoms with Crippen molar-refractivity contribution in [3.63, 3.8) is 0 Å². The van der Waals surface area contributed by atoms with Gasteiger partial charge in [0.05, 0.1) is 4.90 Å². The molecule has 20 heavy (non-hydrogen) atoms. The molecule has 2 rings (SSSR count). The fourth-order valence-electron chi connectivity index (χ4n) is 1.96. The number of benzene rings is 1. The maximum absolute atomic E-state index is 12.3. The summed E-state index contributed by atoms with van der Waals surface area (Å²) < 4.78 is 32.2. The van der Waals surface area contributed by atoms with Gasteiger partial charge in [-0.15, -0.1) is 0 Å². The lowest BCUT2D eigenvalue weighted by Gasteiger charge is -2.15. The monoisotopic (exact) mass is 295 g/mol. The molecular formula is C14H17NO4S. The minimum Gasteiger partial charge on any atom is -0.423 e. The summed E-state index contributed by atoms with van der Waals surface area (Å²) in [6, 6.07) is 7.19. The molecule has 1 aromatic carbocycles. The van der Waals surface area contributed by atoms with E-state index >= 15 is 0 Å². The molecule has 0 spiro atoms. The van der Waals surface area contributed by atoms with Crippen molar-refractivity contribution in [3.05, 3.63) is 40.8 Å². The van der Waals surface area contributed by atoms with Gasteiger partial charge in [0.15, 0.2) is 0 Å². The quantitative estimate of drug-likeness (QED) is 0.858. The van der Waals surface area contributed by atoms with Crippen LogP contribution in [0.5, 0.6) is 0 Å². The van der Waals surface area contributed by atoms with E-state index in [0.29, 0.717) is 11.0 Å². The number of rotatable bonds is 5. The van der Waals surface area contributed by atoms with Gasteiger partial charge >= 0.3 is 5.63 Å². The second-order valence-electron chi connectivity index (χ2n) is 4.59. The molecule has 2 aromatic rings. The van der Waals surface area contributed by atoms with Crippen LogP contribution in [0.2, 0.25) is 0 Å². The summed E-state index contributed by atoms with van der Waals surface area (Å²) in [6.45, 7) is 3.87. The Hall–Kier alpha value is -1.66. The zero-order valence-electron chi connectivity index (χ0n) is 11.4. The van der Waals surface area contributed by atoms with Crippen molar-refractivity contribution in [1.29, 1.82) is 0 Å². The van der Waals surface area contributed by atoms with E-state index in [9.17, 15) is 13.2 Å². The van der Waals surface area contributed by atoms with Crippen molar-refractivity contribution < 1.29 is 12.8 Å². The maximum Gasteiger partial charge on any atom is 0.336 e. The second-order valence-corrected chi connectivity index (χ2v) is 6.30. The van der Waals surface area contributed by atoms with Crippen molar-refractivity contribution in [3.8, 4) is 0 Å². The highest BCUT2D eigenvalue weighted by Crippen LogP contribution is 2.18. The molecule has 1 N–H and O–H groups in total. The third-order valence-electron chi connectivity index (χ3n) is 3.21. The van der Waals surface area contributed by atoms with E-state index < -0.39 is 15.6 Å². The molecule has 6 heteroatoms. The smallest absolute Gasteiger partial charge is 0.336 e. The van der Waals surface area contributed by atoms with Gasteiger partial charge in [-0.25, -0.2) is 17.9 Å². The van der Waals surface area contributed by atoms with Crippen LogP contribution in [-0.2, 0) is 10.0 Å². The molecule has 0 saturated carbocycles. The summed E-state index contributed by atoms with van der Waals surface area (Å²) in [5, 5.41) is 0.581. The minimum absolute atomic E-state index is 0.0793. The third-order valence-corrected chi connectivity index (χ3v) is 4.73. The zero-order valence-corrected chi connectivity index (χ0v) is 12.2. The first-order chi connectivity index (χ1) is 9.46. The summed E-state index contributed by atoms with van der Waals surface area (Å²) in [5.74, 6) is 0. The largest absolute Gasteiger partial charge is 0.423 e. The predicted molar refractivity (Wildman–Crippen MR) is 77.2 cm³/mol. The highest BCUT2D eigenvalue weighted by atomic mass is 32.2. The lowest BCUT2D eigenvalue weighted by Crippen LogP contribution is -2.33. The molecule has 0 aliphatic heterocycles. The molecule has 1 aromatic heterocycles. The van der Waals surface area contributed by atoms with Crippen molar-refractivity contribution in [2.24, 2.45) is 0 Å². The van der Waals surface area contributed by atoms with Crippen LogP contribution in [-0.4, -0.2) is 14.5 Å². The van der Waals surface area contributed by atoms with Crippen LogP contribution in [0.3, 0.4) is 0 Å². The molecule has 0 aliphatic rings. The summed E-state index contributed by atoms with van der Waals surface area (Å²) in [4.78, 5) is 11.3. The Morgan fingerprint density at radius 2 is 1.85 bits per heavy atom. The van der Waals surface area contributed by atoms with Crippen LogP contribution in [0.25, 0.3) is 11.0 Å². The number of hydrogen-bond donors (Lipinski definition) is 1. The molecule has 1 heterocycles. The number of nitrogens with one attached hydrogen (secondary N) is 1. The van der Waals surface area contributed by atoms with Crippen LogP contribution >= 0.6 is 0 Å². The number of fused-ring (bicyclic) bond motifs is 1. The SMILES string of the molecule is CCC(CC)NS(=O)(=O)c1ccc2oc(=O)ccc2c1. The zero-order chi connectivity index (χ0) is 14.8.